The Labute approximate surface area is 121 Å². The first-order chi connectivity index (χ1) is 9.86. The minimum atomic E-state index is -4.43. The minimum Gasteiger partial charge on any atom is -0.397 e. The molecule has 0 bridgehead atoms. The van der Waals surface area contributed by atoms with Gasteiger partial charge in [0.2, 0.25) is 5.91 Å². The minimum absolute atomic E-state index is 0.0678. The molecular formula is C15H19F3N2O. The van der Waals surface area contributed by atoms with E-state index in [0.29, 0.717) is 12.3 Å². The van der Waals surface area contributed by atoms with Gasteiger partial charge in [0, 0.05) is 6.42 Å². The van der Waals surface area contributed by atoms with Crippen LogP contribution in [0.4, 0.5) is 24.5 Å². The van der Waals surface area contributed by atoms with Crippen molar-refractivity contribution in [2.45, 2.75) is 44.7 Å². The molecule has 0 aliphatic heterocycles. The summed E-state index contributed by atoms with van der Waals surface area (Å²) in [4.78, 5) is 11.9. The predicted molar refractivity (Wildman–Crippen MR) is 75.7 cm³/mol. The van der Waals surface area contributed by atoms with E-state index in [1.165, 1.54) is 12.5 Å². The third-order valence-corrected chi connectivity index (χ3v) is 3.85. The Kier molecular flexibility index (Phi) is 4.75. The smallest absolute Gasteiger partial charge is 0.397 e. The Bertz CT molecular complexity index is 508. The topological polar surface area (TPSA) is 55.1 Å². The summed E-state index contributed by atoms with van der Waals surface area (Å²) in [7, 11) is 0. The highest BCUT2D eigenvalue weighted by atomic mass is 19.4. The van der Waals surface area contributed by atoms with Gasteiger partial charge in [0.25, 0.3) is 0 Å². The lowest BCUT2D eigenvalue weighted by Crippen LogP contribution is -2.19. The number of carbonyl (C=O) groups excluding carboxylic acids is 1. The Hall–Kier alpha value is -1.72. The third-order valence-electron chi connectivity index (χ3n) is 3.85. The van der Waals surface area contributed by atoms with Gasteiger partial charge >= 0.3 is 6.18 Å². The molecule has 21 heavy (non-hydrogen) atoms. The molecule has 1 aliphatic carbocycles. The van der Waals surface area contributed by atoms with E-state index in [4.69, 9.17) is 5.73 Å². The molecule has 1 saturated carbocycles. The average Bonchev–Trinajstić information content (AvgIpc) is 2.41. The molecule has 0 heterocycles. The van der Waals surface area contributed by atoms with Crippen molar-refractivity contribution < 1.29 is 18.0 Å². The second-order valence-corrected chi connectivity index (χ2v) is 5.56. The number of alkyl halides is 3. The van der Waals surface area contributed by atoms with Gasteiger partial charge in [0.05, 0.1) is 16.9 Å². The van der Waals surface area contributed by atoms with E-state index in [-0.39, 0.29) is 17.3 Å². The standard InChI is InChI=1S/C15H19F3N2O/c16-15(17,18)11-6-7-13(12(19)9-11)20-14(21)8-10-4-2-1-3-5-10/h6-7,9-10H,1-5,8,19H2,(H,20,21). The van der Waals surface area contributed by atoms with Gasteiger partial charge in [-0.15, -0.1) is 0 Å². The molecule has 1 aromatic rings. The number of carbonyl (C=O) groups is 1. The first-order valence-corrected chi connectivity index (χ1v) is 7.13. The normalized spacial score (nSPS) is 16.7. The highest BCUT2D eigenvalue weighted by Gasteiger charge is 2.30. The van der Waals surface area contributed by atoms with E-state index in [1.54, 1.807) is 0 Å². The van der Waals surface area contributed by atoms with Gasteiger partial charge in [-0.2, -0.15) is 13.2 Å². The lowest BCUT2D eigenvalue weighted by atomic mass is 9.87. The van der Waals surface area contributed by atoms with Crippen LogP contribution in [0.15, 0.2) is 18.2 Å². The molecule has 1 amide bonds. The molecule has 3 nitrogen and oxygen atoms in total. The summed E-state index contributed by atoms with van der Waals surface area (Å²) in [6, 6.07) is 2.97. The maximum Gasteiger partial charge on any atom is 0.416 e. The number of hydrogen-bond acceptors (Lipinski definition) is 2. The molecule has 1 fully saturated rings. The average molecular weight is 300 g/mol. The molecule has 2 rings (SSSR count). The van der Waals surface area contributed by atoms with Crippen molar-refractivity contribution in [2.75, 3.05) is 11.1 Å². The van der Waals surface area contributed by atoms with Crippen molar-refractivity contribution in [1.29, 1.82) is 0 Å². The molecular weight excluding hydrogens is 281 g/mol. The highest BCUT2D eigenvalue weighted by Crippen LogP contribution is 2.33. The van der Waals surface area contributed by atoms with Crippen LogP contribution < -0.4 is 11.1 Å². The van der Waals surface area contributed by atoms with Crippen LogP contribution in [0.3, 0.4) is 0 Å². The van der Waals surface area contributed by atoms with Crippen LogP contribution in [0, 0.1) is 5.92 Å². The van der Waals surface area contributed by atoms with E-state index in [0.717, 1.165) is 37.8 Å². The zero-order valence-corrected chi connectivity index (χ0v) is 11.7. The Morgan fingerprint density at radius 2 is 1.90 bits per heavy atom. The Morgan fingerprint density at radius 1 is 1.24 bits per heavy atom. The van der Waals surface area contributed by atoms with E-state index >= 15 is 0 Å². The van der Waals surface area contributed by atoms with Crippen LogP contribution in [-0.2, 0) is 11.0 Å². The van der Waals surface area contributed by atoms with Gasteiger partial charge < -0.3 is 11.1 Å². The van der Waals surface area contributed by atoms with Crippen molar-refractivity contribution in [3.63, 3.8) is 0 Å². The fourth-order valence-corrected chi connectivity index (χ4v) is 2.71. The maximum absolute atomic E-state index is 12.5. The molecule has 0 aromatic heterocycles. The van der Waals surface area contributed by atoms with Crippen molar-refractivity contribution in [2.24, 2.45) is 5.92 Å². The molecule has 6 heteroatoms. The van der Waals surface area contributed by atoms with Crippen molar-refractivity contribution in [3.05, 3.63) is 23.8 Å². The number of amides is 1. The first kappa shape index (κ1) is 15.7. The third kappa shape index (κ3) is 4.37. The van der Waals surface area contributed by atoms with Gasteiger partial charge in [0.1, 0.15) is 0 Å². The fourth-order valence-electron chi connectivity index (χ4n) is 2.71. The molecule has 1 aromatic carbocycles. The van der Waals surface area contributed by atoms with Crippen LogP contribution in [0.1, 0.15) is 44.1 Å². The number of halogens is 3. The summed E-state index contributed by atoms with van der Waals surface area (Å²) in [5, 5.41) is 2.60. The summed E-state index contributed by atoms with van der Waals surface area (Å²) < 4.78 is 37.6. The zero-order valence-electron chi connectivity index (χ0n) is 11.7. The molecule has 3 N–H and O–H groups in total. The number of nitrogens with two attached hydrogens (primary N) is 1. The van der Waals surface area contributed by atoms with Crippen LogP contribution in [0.5, 0.6) is 0 Å². The summed E-state index contributed by atoms with van der Waals surface area (Å²) in [5.74, 6) is 0.183. The lowest BCUT2D eigenvalue weighted by molar-refractivity contribution is -0.137. The van der Waals surface area contributed by atoms with Crippen molar-refractivity contribution >= 4 is 17.3 Å². The number of nitrogen functional groups attached to an aromatic ring is 1. The molecule has 116 valence electrons. The van der Waals surface area contributed by atoms with Crippen LogP contribution >= 0.6 is 0 Å². The largest absolute Gasteiger partial charge is 0.416 e. The molecule has 0 spiro atoms. The van der Waals surface area contributed by atoms with Gasteiger partial charge in [-0.05, 0) is 37.0 Å². The number of hydrogen-bond donors (Lipinski definition) is 2. The molecule has 1 aliphatic rings. The van der Waals surface area contributed by atoms with E-state index in [2.05, 4.69) is 5.32 Å². The summed E-state index contributed by atoms with van der Waals surface area (Å²) >= 11 is 0. The number of rotatable bonds is 3. The summed E-state index contributed by atoms with van der Waals surface area (Å²) in [6.45, 7) is 0. The zero-order chi connectivity index (χ0) is 15.5. The fraction of sp³-hybridized carbons (Fsp3) is 0.533. The molecule has 0 radical (unpaired) electrons. The van der Waals surface area contributed by atoms with E-state index in [9.17, 15) is 18.0 Å². The van der Waals surface area contributed by atoms with Gasteiger partial charge in [-0.3, -0.25) is 4.79 Å². The first-order valence-electron chi connectivity index (χ1n) is 7.13. The predicted octanol–water partition coefficient (Wildman–Crippen LogP) is 4.20. The van der Waals surface area contributed by atoms with Crippen molar-refractivity contribution in [1.82, 2.24) is 0 Å². The lowest BCUT2D eigenvalue weighted by Gasteiger charge is -2.21. The Balaban J connectivity index is 1.97. The molecule has 0 unspecified atom stereocenters. The Morgan fingerprint density at radius 3 is 2.48 bits per heavy atom. The van der Waals surface area contributed by atoms with Crippen molar-refractivity contribution in [3.8, 4) is 0 Å². The quantitative estimate of drug-likeness (QED) is 0.822. The maximum atomic E-state index is 12.5. The van der Waals surface area contributed by atoms with Gasteiger partial charge in [-0.25, -0.2) is 0 Å². The summed E-state index contributed by atoms with van der Waals surface area (Å²) in [6.07, 6.45) is 1.54. The number of nitrogens with one attached hydrogen (secondary N) is 1. The molecule has 0 saturated heterocycles. The second-order valence-electron chi connectivity index (χ2n) is 5.56. The number of benzene rings is 1. The van der Waals surface area contributed by atoms with Gasteiger partial charge in [0.15, 0.2) is 0 Å². The van der Waals surface area contributed by atoms with E-state index < -0.39 is 11.7 Å². The van der Waals surface area contributed by atoms with E-state index in [1.807, 2.05) is 0 Å². The monoisotopic (exact) mass is 300 g/mol. The van der Waals surface area contributed by atoms with Gasteiger partial charge in [-0.1, -0.05) is 19.3 Å². The highest BCUT2D eigenvalue weighted by molar-refractivity contribution is 5.94. The summed E-state index contributed by atoms with van der Waals surface area (Å²) in [5.41, 5.74) is 4.94. The second kappa shape index (κ2) is 6.37. The molecule has 0 atom stereocenters. The number of anilines is 2. The van der Waals surface area contributed by atoms with Crippen LogP contribution in [0.25, 0.3) is 0 Å². The van der Waals surface area contributed by atoms with Crippen LogP contribution in [0.2, 0.25) is 0 Å². The SMILES string of the molecule is Nc1cc(C(F)(F)F)ccc1NC(=O)CC1CCCCC1. The van der Waals surface area contributed by atoms with Crippen LogP contribution in [-0.4, -0.2) is 5.91 Å².